The number of carboxylic acid groups (broad SMARTS) is 1. The van der Waals surface area contributed by atoms with E-state index < -0.39 is 24.0 Å². The second-order valence-corrected chi connectivity index (χ2v) is 5.84. The third-order valence-corrected chi connectivity index (χ3v) is 3.94. The fourth-order valence-corrected chi connectivity index (χ4v) is 2.63. The average molecular weight is 365 g/mol. The van der Waals surface area contributed by atoms with E-state index in [0.29, 0.717) is 11.3 Å². The summed E-state index contributed by atoms with van der Waals surface area (Å²) in [5.74, 6) is -1.94. The SMILES string of the molecule is CC(=O)c1ccc(NC(=O)Cn2nc(C(=O)O)c3ccccc3c2=O)cc1. The van der Waals surface area contributed by atoms with Gasteiger partial charge >= 0.3 is 5.97 Å². The predicted octanol–water partition coefficient (Wildman–Crippen LogP) is 1.94. The van der Waals surface area contributed by atoms with Crippen LogP contribution in [0.15, 0.2) is 53.3 Å². The number of hydrogen-bond acceptors (Lipinski definition) is 5. The molecule has 0 aliphatic rings. The van der Waals surface area contributed by atoms with Gasteiger partial charge in [-0.25, -0.2) is 9.48 Å². The molecule has 3 rings (SSSR count). The number of ketones is 1. The van der Waals surface area contributed by atoms with Crippen LogP contribution in [0.4, 0.5) is 5.69 Å². The summed E-state index contributed by atoms with van der Waals surface area (Å²) in [5.41, 5.74) is 0.0882. The van der Waals surface area contributed by atoms with Gasteiger partial charge < -0.3 is 10.4 Å². The van der Waals surface area contributed by atoms with Crippen molar-refractivity contribution in [2.75, 3.05) is 5.32 Å². The lowest BCUT2D eigenvalue weighted by Gasteiger charge is -2.09. The van der Waals surface area contributed by atoms with Gasteiger partial charge in [0.05, 0.1) is 5.39 Å². The largest absolute Gasteiger partial charge is 0.476 e. The van der Waals surface area contributed by atoms with Crippen molar-refractivity contribution in [3.63, 3.8) is 0 Å². The van der Waals surface area contributed by atoms with Crippen LogP contribution in [-0.2, 0) is 11.3 Å². The summed E-state index contributed by atoms with van der Waals surface area (Å²) in [6, 6.07) is 12.5. The molecule has 0 saturated carbocycles. The van der Waals surface area contributed by atoms with Crippen molar-refractivity contribution in [3.05, 3.63) is 70.1 Å². The van der Waals surface area contributed by atoms with Crippen molar-refractivity contribution in [2.45, 2.75) is 13.5 Å². The minimum Gasteiger partial charge on any atom is -0.476 e. The van der Waals surface area contributed by atoms with Gasteiger partial charge in [-0.2, -0.15) is 5.10 Å². The molecule has 1 aromatic heterocycles. The van der Waals surface area contributed by atoms with Gasteiger partial charge in [-0.3, -0.25) is 14.4 Å². The van der Waals surface area contributed by atoms with E-state index in [0.717, 1.165) is 4.68 Å². The average Bonchev–Trinajstić information content (AvgIpc) is 2.64. The summed E-state index contributed by atoms with van der Waals surface area (Å²) in [4.78, 5) is 47.5. The number of aromatic carboxylic acids is 1. The molecule has 0 aliphatic carbocycles. The van der Waals surface area contributed by atoms with Gasteiger partial charge in [0, 0.05) is 16.6 Å². The first-order valence-electron chi connectivity index (χ1n) is 8.01. The number of Topliss-reactive ketones (excluding diaryl/α,β-unsaturated/α-hetero) is 1. The summed E-state index contributed by atoms with van der Waals surface area (Å²) < 4.78 is 0.824. The van der Waals surface area contributed by atoms with Crippen LogP contribution in [0.1, 0.15) is 27.8 Å². The number of carbonyl (C=O) groups excluding carboxylic acids is 2. The van der Waals surface area contributed by atoms with E-state index >= 15 is 0 Å². The molecule has 0 bridgehead atoms. The Balaban J connectivity index is 1.88. The zero-order valence-electron chi connectivity index (χ0n) is 14.3. The molecule has 1 amide bonds. The van der Waals surface area contributed by atoms with Gasteiger partial charge in [-0.15, -0.1) is 0 Å². The number of carboxylic acids is 1. The Hall–Kier alpha value is -3.81. The van der Waals surface area contributed by atoms with Crippen LogP contribution in [-0.4, -0.2) is 32.5 Å². The van der Waals surface area contributed by atoms with Gasteiger partial charge in [0.2, 0.25) is 5.91 Å². The highest BCUT2D eigenvalue weighted by atomic mass is 16.4. The summed E-state index contributed by atoms with van der Waals surface area (Å²) in [6.45, 7) is 0.990. The van der Waals surface area contributed by atoms with E-state index in [1.807, 2.05) is 0 Å². The molecular formula is C19H15N3O5. The smallest absolute Gasteiger partial charge is 0.357 e. The molecule has 0 saturated heterocycles. The van der Waals surface area contributed by atoms with E-state index in [9.17, 15) is 24.3 Å². The Morgan fingerprint density at radius 3 is 2.26 bits per heavy atom. The van der Waals surface area contributed by atoms with Crippen LogP contribution in [0, 0.1) is 0 Å². The van der Waals surface area contributed by atoms with Crippen molar-refractivity contribution in [2.24, 2.45) is 0 Å². The van der Waals surface area contributed by atoms with Crippen molar-refractivity contribution >= 4 is 34.1 Å². The number of benzene rings is 2. The first-order valence-corrected chi connectivity index (χ1v) is 8.01. The number of carbonyl (C=O) groups is 3. The molecule has 27 heavy (non-hydrogen) atoms. The second-order valence-electron chi connectivity index (χ2n) is 5.84. The molecule has 0 aliphatic heterocycles. The van der Waals surface area contributed by atoms with Gasteiger partial charge in [0.15, 0.2) is 11.5 Å². The lowest BCUT2D eigenvalue weighted by atomic mass is 10.1. The predicted molar refractivity (Wildman–Crippen MR) is 98.0 cm³/mol. The highest BCUT2D eigenvalue weighted by Gasteiger charge is 2.17. The monoisotopic (exact) mass is 365 g/mol. The summed E-state index contributed by atoms with van der Waals surface area (Å²) >= 11 is 0. The molecule has 0 unspecified atom stereocenters. The highest BCUT2D eigenvalue weighted by molar-refractivity contribution is 6.01. The fourth-order valence-electron chi connectivity index (χ4n) is 2.63. The van der Waals surface area contributed by atoms with E-state index in [2.05, 4.69) is 10.4 Å². The number of nitrogens with one attached hydrogen (secondary N) is 1. The summed E-state index contributed by atoms with van der Waals surface area (Å²) in [7, 11) is 0. The molecule has 1 heterocycles. The third kappa shape index (κ3) is 3.74. The van der Waals surface area contributed by atoms with Crippen LogP contribution in [0.3, 0.4) is 0 Å². The number of hydrogen-bond donors (Lipinski definition) is 2. The van der Waals surface area contributed by atoms with Crippen molar-refractivity contribution in [1.29, 1.82) is 0 Å². The molecule has 2 N–H and O–H groups in total. The minimum absolute atomic E-state index is 0.0963. The molecule has 0 radical (unpaired) electrons. The Kier molecular flexibility index (Phi) is 4.80. The second kappa shape index (κ2) is 7.20. The van der Waals surface area contributed by atoms with Gasteiger partial charge in [0.1, 0.15) is 6.54 Å². The molecule has 2 aromatic carbocycles. The van der Waals surface area contributed by atoms with Gasteiger partial charge in [-0.05, 0) is 37.3 Å². The number of anilines is 1. The number of nitrogens with zero attached hydrogens (tertiary/aromatic N) is 2. The Bertz CT molecular complexity index is 1120. The quantitative estimate of drug-likeness (QED) is 0.667. The molecule has 0 fully saturated rings. The number of fused-ring (bicyclic) bond motifs is 1. The van der Waals surface area contributed by atoms with Crippen LogP contribution in [0.5, 0.6) is 0 Å². The normalized spacial score (nSPS) is 10.6. The van der Waals surface area contributed by atoms with Crippen LogP contribution in [0.2, 0.25) is 0 Å². The number of amides is 1. The van der Waals surface area contributed by atoms with E-state index in [1.54, 1.807) is 36.4 Å². The van der Waals surface area contributed by atoms with Gasteiger partial charge in [-0.1, -0.05) is 18.2 Å². The van der Waals surface area contributed by atoms with Crippen LogP contribution in [0.25, 0.3) is 10.8 Å². The topological polar surface area (TPSA) is 118 Å². The third-order valence-electron chi connectivity index (χ3n) is 3.94. The number of aromatic nitrogens is 2. The lowest BCUT2D eigenvalue weighted by molar-refractivity contribution is -0.117. The lowest BCUT2D eigenvalue weighted by Crippen LogP contribution is -2.31. The maximum absolute atomic E-state index is 12.5. The maximum atomic E-state index is 12.5. The molecule has 8 heteroatoms. The van der Waals surface area contributed by atoms with Crippen molar-refractivity contribution in [3.8, 4) is 0 Å². The first-order chi connectivity index (χ1) is 12.9. The van der Waals surface area contributed by atoms with Gasteiger partial charge in [0.25, 0.3) is 5.56 Å². The standard InChI is InChI=1S/C19H15N3O5/c1-11(23)12-6-8-13(9-7-12)20-16(24)10-22-18(25)15-5-3-2-4-14(15)17(21-22)19(26)27/h2-9H,10H2,1H3,(H,20,24)(H,26,27). The summed E-state index contributed by atoms with van der Waals surface area (Å²) in [6.07, 6.45) is 0. The maximum Gasteiger partial charge on any atom is 0.357 e. The minimum atomic E-state index is -1.29. The zero-order valence-corrected chi connectivity index (χ0v) is 14.3. The molecule has 8 nitrogen and oxygen atoms in total. The van der Waals surface area contributed by atoms with E-state index in [1.165, 1.54) is 19.1 Å². The number of rotatable bonds is 5. The molecule has 136 valence electrons. The van der Waals surface area contributed by atoms with Crippen LogP contribution >= 0.6 is 0 Å². The molecular weight excluding hydrogens is 350 g/mol. The molecule has 0 spiro atoms. The fraction of sp³-hybridized carbons (Fsp3) is 0.105. The molecule has 3 aromatic rings. The highest BCUT2D eigenvalue weighted by Crippen LogP contribution is 2.13. The first kappa shape index (κ1) is 18.0. The van der Waals surface area contributed by atoms with Crippen LogP contribution < -0.4 is 10.9 Å². The Morgan fingerprint density at radius 2 is 1.67 bits per heavy atom. The van der Waals surface area contributed by atoms with E-state index in [4.69, 9.17) is 0 Å². The van der Waals surface area contributed by atoms with Crippen molar-refractivity contribution < 1.29 is 19.5 Å². The Morgan fingerprint density at radius 1 is 1.04 bits per heavy atom. The summed E-state index contributed by atoms with van der Waals surface area (Å²) in [5, 5.41) is 16.1. The van der Waals surface area contributed by atoms with Crippen molar-refractivity contribution in [1.82, 2.24) is 9.78 Å². The molecule has 0 atom stereocenters. The Labute approximate surface area is 153 Å². The van der Waals surface area contributed by atoms with E-state index in [-0.39, 0.29) is 22.2 Å². The zero-order chi connectivity index (χ0) is 19.6.